The Morgan fingerprint density at radius 2 is 2.27 bits per heavy atom. The van der Waals surface area contributed by atoms with Crippen molar-refractivity contribution >= 4 is 5.69 Å². The summed E-state index contributed by atoms with van der Waals surface area (Å²) in [7, 11) is 1.53. The maximum atomic E-state index is 12.8. The summed E-state index contributed by atoms with van der Waals surface area (Å²) in [5, 5.41) is 12.4. The van der Waals surface area contributed by atoms with Gasteiger partial charge in [-0.15, -0.1) is 0 Å². The number of benzene rings is 1. The Labute approximate surface area is 88.9 Å². The molecule has 1 aromatic rings. The minimum Gasteiger partial charge on any atom is -0.389 e. The number of rotatable bonds is 5. The smallest absolute Gasteiger partial charge is 0.123 e. The van der Waals surface area contributed by atoms with Gasteiger partial charge < -0.3 is 15.2 Å². The van der Waals surface area contributed by atoms with Gasteiger partial charge in [0.1, 0.15) is 5.82 Å². The van der Waals surface area contributed by atoms with Gasteiger partial charge in [0.25, 0.3) is 0 Å². The molecule has 0 heterocycles. The molecular formula is C11H16FNO2. The second-order valence-corrected chi connectivity index (χ2v) is 3.45. The van der Waals surface area contributed by atoms with Crippen LogP contribution in [0, 0.1) is 12.7 Å². The summed E-state index contributed by atoms with van der Waals surface area (Å²) in [5.41, 5.74) is 1.64. The lowest BCUT2D eigenvalue weighted by Crippen LogP contribution is -2.24. The SMILES string of the molecule is COCC(O)CNc1ccc(F)cc1C. The topological polar surface area (TPSA) is 41.5 Å². The molecule has 1 atom stereocenters. The maximum Gasteiger partial charge on any atom is 0.123 e. The minimum atomic E-state index is -0.556. The molecule has 1 rings (SSSR count). The van der Waals surface area contributed by atoms with Crippen molar-refractivity contribution in [1.82, 2.24) is 0 Å². The molecule has 1 aromatic carbocycles. The van der Waals surface area contributed by atoms with Crippen LogP contribution in [-0.4, -0.2) is 31.5 Å². The van der Waals surface area contributed by atoms with E-state index in [1.54, 1.807) is 6.07 Å². The van der Waals surface area contributed by atoms with Crippen LogP contribution in [0.3, 0.4) is 0 Å². The van der Waals surface area contributed by atoms with Crippen LogP contribution in [0.5, 0.6) is 0 Å². The number of methoxy groups -OCH3 is 1. The predicted molar refractivity (Wildman–Crippen MR) is 57.5 cm³/mol. The highest BCUT2D eigenvalue weighted by Crippen LogP contribution is 2.15. The van der Waals surface area contributed by atoms with Crippen molar-refractivity contribution in [2.75, 3.05) is 25.6 Å². The quantitative estimate of drug-likeness (QED) is 0.779. The van der Waals surface area contributed by atoms with Crippen LogP contribution >= 0.6 is 0 Å². The second kappa shape index (κ2) is 5.68. The fourth-order valence-electron chi connectivity index (χ4n) is 1.30. The molecule has 0 saturated carbocycles. The van der Waals surface area contributed by atoms with Gasteiger partial charge in [0.15, 0.2) is 0 Å². The van der Waals surface area contributed by atoms with Crippen LogP contribution < -0.4 is 5.32 Å². The van der Waals surface area contributed by atoms with Crippen molar-refractivity contribution in [2.24, 2.45) is 0 Å². The third-order valence-electron chi connectivity index (χ3n) is 2.08. The van der Waals surface area contributed by atoms with Crippen LogP contribution in [0.25, 0.3) is 0 Å². The number of anilines is 1. The zero-order chi connectivity index (χ0) is 11.3. The normalized spacial score (nSPS) is 12.5. The Kier molecular flexibility index (Phi) is 4.52. The van der Waals surface area contributed by atoms with Crippen molar-refractivity contribution in [3.8, 4) is 0 Å². The minimum absolute atomic E-state index is 0.254. The van der Waals surface area contributed by atoms with Crippen molar-refractivity contribution in [2.45, 2.75) is 13.0 Å². The number of nitrogens with one attached hydrogen (secondary N) is 1. The number of hydrogen-bond donors (Lipinski definition) is 2. The van der Waals surface area contributed by atoms with Crippen LogP contribution in [0.1, 0.15) is 5.56 Å². The summed E-state index contributed by atoms with van der Waals surface area (Å²) in [6, 6.07) is 4.49. The summed E-state index contributed by atoms with van der Waals surface area (Å²) in [6.45, 7) is 2.49. The molecule has 0 bridgehead atoms. The first-order chi connectivity index (χ1) is 7.13. The third-order valence-corrected chi connectivity index (χ3v) is 2.08. The average molecular weight is 213 g/mol. The van der Waals surface area contributed by atoms with Crippen molar-refractivity contribution in [3.63, 3.8) is 0 Å². The number of aliphatic hydroxyl groups is 1. The lowest BCUT2D eigenvalue weighted by atomic mass is 10.2. The summed E-state index contributed by atoms with van der Waals surface area (Å²) in [4.78, 5) is 0. The highest BCUT2D eigenvalue weighted by molar-refractivity contribution is 5.50. The second-order valence-electron chi connectivity index (χ2n) is 3.45. The van der Waals surface area contributed by atoms with Crippen molar-refractivity contribution in [1.29, 1.82) is 0 Å². The van der Waals surface area contributed by atoms with Crippen LogP contribution in [0.15, 0.2) is 18.2 Å². The molecule has 2 N–H and O–H groups in total. The predicted octanol–water partition coefficient (Wildman–Crippen LogP) is 1.55. The van der Waals surface area contributed by atoms with E-state index in [4.69, 9.17) is 4.74 Å². The van der Waals surface area contributed by atoms with E-state index < -0.39 is 6.10 Å². The van der Waals surface area contributed by atoms with Gasteiger partial charge in [-0.05, 0) is 30.7 Å². The molecule has 4 heteroatoms. The largest absolute Gasteiger partial charge is 0.389 e. The molecule has 0 aliphatic heterocycles. The van der Waals surface area contributed by atoms with E-state index in [0.717, 1.165) is 11.3 Å². The van der Waals surface area contributed by atoms with Gasteiger partial charge in [-0.3, -0.25) is 0 Å². The van der Waals surface area contributed by atoms with Gasteiger partial charge in [-0.2, -0.15) is 0 Å². The number of aryl methyl sites for hydroxylation is 1. The Morgan fingerprint density at radius 1 is 1.53 bits per heavy atom. The van der Waals surface area contributed by atoms with Gasteiger partial charge in [0.2, 0.25) is 0 Å². The molecule has 0 spiro atoms. The van der Waals surface area contributed by atoms with Crippen molar-refractivity contribution in [3.05, 3.63) is 29.6 Å². The Morgan fingerprint density at radius 3 is 2.87 bits per heavy atom. The first-order valence-electron chi connectivity index (χ1n) is 4.80. The zero-order valence-corrected chi connectivity index (χ0v) is 8.96. The molecule has 0 aromatic heterocycles. The molecule has 0 amide bonds. The summed E-state index contributed by atoms with van der Waals surface area (Å²) >= 11 is 0. The van der Waals surface area contributed by atoms with E-state index in [0.29, 0.717) is 6.54 Å². The molecule has 0 aliphatic carbocycles. The van der Waals surface area contributed by atoms with Crippen molar-refractivity contribution < 1.29 is 14.2 Å². The summed E-state index contributed by atoms with van der Waals surface area (Å²) < 4.78 is 17.6. The first-order valence-corrected chi connectivity index (χ1v) is 4.80. The summed E-state index contributed by atoms with van der Waals surface area (Å²) in [6.07, 6.45) is -0.556. The lowest BCUT2D eigenvalue weighted by molar-refractivity contribution is 0.0727. The summed E-state index contributed by atoms with van der Waals surface area (Å²) in [5.74, 6) is -0.254. The molecule has 0 fully saturated rings. The maximum absolute atomic E-state index is 12.8. The molecule has 0 radical (unpaired) electrons. The van der Waals surface area contributed by atoms with Crippen LogP contribution in [0.2, 0.25) is 0 Å². The zero-order valence-electron chi connectivity index (χ0n) is 8.96. The van der Waals surface area contributed by atoms with E-state index in [1.807, 2.05) is 6.92 Å². The number of aliphatic hydroxyl groups excluding tert-OH is 1. The van der Waals surface area contributed by atoms with E-state index in [1.165, 1.54) is 19.2 Å². The van der Waals surface area contributed by atoms with E-state index in [9.17, 15) is 9.50 Å². The third kappa shape index (κ3) is 3.85. The van der Waals surface area contributed by atoms with Gasteiger partial charge in [0.05, 0.1) is 12.7 Å². The lowest BCUT2D eigenvalue weighted by Gasteiger charge is -2.13. The monoisotopic (exact) mass is 213 g/mol. The number of halogens is 1. The van der Waals surface area contributed by atoms with Crippen LogP contribution in [0.4, 0.5) is 10.1 Å². The molecule has 15 heavy (non-hydrogen) atoms. The Hall–Kier alpha value is -1.13. The van der Waals surface area contributed by atoms with E-state index >= 15 is 0 Å². The molecule has 3 nitrogen and oxygen atoms in total. The first kappa shape index (κ1) is 11.9. The molecule has 0 aliphatic rings. The highest BCUT2D eigenvalue weighted by Gasteiger charge is 2.04. The van der Waals surface area contributed by atoms with Gasteiger partial charge >= 0.3 is 0 Å². The number of hydrogen-bond acceptors (Lipinski definition) is 3. The van der Waals surface area contributed by atoms with Gasteiger partial charge in [0, 0.05) is 19.3 Å². The van der Waals surface area contributed by atoms with Gasteiger partial charge in [-0.1, -0.05) is 0 Å². The van der Waals surface area contributed by atoms with E-state index in [-0.39, 0.29) is 12.4 Å². The van der Waals surface area contributed by atoms with Crippen LogP contribution in [-0.2, 0) is 4.74 Å². The van der Waals surface area contributed by atoms with E-state index in [2.05, 4.69) is 5.32 Å². The fourth-order valence-corrected chi connectivity index (χ4v) is 1.30. The standard InChI is InChI=1S/C11H16FNO2/c1-8-5-9(12)3-4-11(8)13-6-10(14)7-15-2/h3-5,10,13-14H,6-7H2,1-2H3. The highest BCUT2D eigenvalue weighted by atomic mass is 19.1. The average Bonchev–Trinajstić information content (AvgIpc) is 2.17. The number of ether oxygens (including phenoxy) is 1. The Bertz CT molecular complexity index is 317. The molecule has 0 saturated heterocycles. The molecule has 84 valence electrons. The van der Waals surface area contributed by atoms with Gasteiger partial charge in [-0.25, -0.2) is 4.39 Å². The fraction of sp³-hybridized carbons (Fsp3) is 0.455. The molecule has 1 unspecified atom stereocenters. The molecular weight excluding hydrogens is 197 g/mol. The Balaban J connectivity index is 2.50.